The number of hydrogen-bond donors (Lipinski definition) is 2. The Labute approximate surface area is 191 Å². The fraction of sp³-hybridized carbons (Fsp3) is 0.143. The fourth-order valence-corrected chi connectivity index (χ4v) is 4.24. The molecular weight excluding hydrogens is 452 g/mol. The summed E-state index contributed by atoms with van der Waals surface area (Å²) in [7, 11) is 3.15. The number of carbonyl (C=O) groups is 2. The average molecular weight is 471 g/mol. The largest absolute Gasteiger partial charge is 0.493 e. The number of nitrogens with zero attached hydrogens (tertiary/aromatic N) is 2. The molecule has 0 atom stereocenters. The fourth-order valence-electron chi connectivity index (χ4n) is 2.80. The highest BCUT2D eigenvalue weighted by Gasteiger charge is 2.14. The summed E-state index contributed by atoms with van der Waals surface area (Å²) >= 11 is 2.55. The van der Waals surface area contributed by atoms with E-state index in [9.17, 15) is 9.59 Å². The standard InChI is InChI=1S/C21H18N4O5S2/c1-28-15-6-5-12(8-17(15)29-2)14-11-32-21(23-14)24-18(26)9-13-10-31-20(22-13)25-19(27)16-4-3-7-30-16/h3-8,10-11H,9H2,1-2H3,(H,22,25,27)(H,23,24,26). The summed E-state index contributed by atoms with van der Waals surface area (Å²) in [6, 6.07) is 8.68. The van der Waals surface area contributed by atoms with Crippen LogP contribution in [0.1, 0.15) is 16.2 Å². The Morgan fingerprint density at radius 2 is 1.78 bits per heavy atom. The van der Waals surface area contributed by atoms with Crippen molar-refractivity contribution >= 4 is 44.8 Å². The second-order valence-electron chi connectivity index (χ2n) is 6.41. The summed E-state index contributed by atoms with van der Waals surface area (Å²) < 4.78 is 15.6. The summed E-state index contributed by atoms with van der Waals surface area (Å²) in [5.74, 6) is 0.761. The second-order valence-corrected chi connectivity index (χ2v) is 8.12. The van der Waals surface area contributed by atoms with E-state index in [-0.39, 0.29) is 18.1 Å². The molecule has 0 saturated carbocycles. The number of furan rings is 1. The topological polar surface area (TPSA) is 116 Å². The molecule has 3 aromatic heterocycles. The first-order valence-corrected chi connectivity index (χ1v) is 11.1. The van der Waals surface area contributed by atoms with Crippen LogP contribution < -0.4 is 20.1 Å². The highest BCUT2D eigenvalue weighted by molar-refractivity contribution is 7.14. The Balaban J connectivity index is 1.36. The molecule has 164 valence electrons. The highest BCUT2D eigenvalue weighted by atomic mass is 32.1. The van der Waals surface area contributed by atoms with Crippen LogP contribution in [0.3, 0.4) is 0 Å². The predicted molar refractivity (Wildman–Crippen MR) is 122 cm³/mol. The van der Waals surface area contributed by atoms with Gasteiger partial charge in [-0.1, -0.05) is 0 Å². The van der Waals surface area contributed by atoms with E-state index >= 15 is 0 Å². The normalized spacial score (nSPS) is 10.6. The maximum absolute atomic E-state index is 12.4. The number of carbonyl (C=O) groups excluding carboxylic acids is 2. The van der Waals surface area contributed by atoms with Crippen molar-refractivity contribution in [3.05, 3.63) is 58.8 Å². The maximum atomic E-state index is 12.4. The molecule has 4 rings (SSSR count). The van der Waals surface area contributed by atoms with Crippen LogP contribution in [-0.2, 0) is 11.2 Å². The molecule has 4 aromatic rings. The van der Waals surface area contributed by atoms with Gasteiger partial charge in [0.15, 0.2) is 27.5 Å². The van der Waals surface area contributed by atoms with Gasteiger partial charge in [-0.3, -0.25) is 14.9 Å². The van der Waals surface area contributed by atoms with Gasteiger partial charge in [0.2, 0.25) is 5.91 Å². The maximum Gasteiger partial charge on any atom is 0.293 e. The van der Waals surface area contributed by atoms with Gasteiger partial charge in [-0.05, 0) is 30.3 Å². The Bertz CT molecular complexity index is 1230. The van der Waals surface area contributed by atoms with Crippen LogP contribution in [0.2, 0.25) is 0 Å². The molecule has 2 N–H and O–H groups in total. The number of aromatic nitrogens is 2. The third kappa shape index (κ3) is 4.95. The first-order valence-electron chi connectivity index (χ1n) is 9.32. The van der Waals surface area contributed by atoms with Crippen LogP contribution >= 0.6 is 22.7 Å². The average Bonchev–Trinajstić information content (AvgIpc) is 3.56. The van der Waals surface area contributed by atoms with Gasteiger partial charge in [-0.25, -0.2) is 9.97 Å². The summed E-state index contributed by atoms with van der Waals surface area (Å²) in [5.41, 5.74) is 2.09. The van der Waals surface area contributed by atoms with Crippen LogP contribution in [0.15, 0.2) is 51.8 Å². The third-order valence-corrected chi connectivity index (χ3v) is 5.85. The van der Waals surface area contributed by atoms with Gasteiger partial charge in [0, 0.05) is 16.3 Å². The molecule has 3 heterocycles. The van der Waals surface area contributed by atoms with Crippen molar-refractivity contribution in [2.24, 2.45) is 0 Å². The van der Waals surface area contributed by atoms with Gasteiger partial charge >= 0.3 is 0 Å². The van der Waals surface area contributed by atoms with Gasteiger partial charge in [-0.2, -0.15) is 0 Å². The molecule has 0 spiro atoms. The van der Waals surface area contributed by atoms with Crippen molar-refractivity contribution in [1.29, 1.82) is 0 Å². The molecule has 11 heteroatoms. The van der Waals surface area contributed by atoms with Crippen molar-refractivity contribution in [2.45, 2.75) is 6.42 Å². The van der Waals surface area contributed by atoms with Crippen molar-refractivity contribution in [1.82, 2.24) is 9.97 Å². The van der Waals surface area contributed by atoms with E-state index in [1.807, 2.05) is 17.5 Å². The number of thiazole rings is 2. The van der Waals surface area contributed by atoms with Crippen molar-refractivity contribution in [2.75, 3.05) is 24.9 Å². The molecule has 1 aromatic carbocycles. The first kappa shape index (κ1) is 21.5. The molecule has 0 radical (unpaired) electrons. The van der Waals surface area contributed by atoms with E-state index in [0.29, 0.717) is 33.1 Å². The SMILES string of the molecule is COc1ccc(-c2csc(NC(=O)Cc3csc(NC(=O)c4ccco4)n3)n2)cc1OC. The Morgan fingerprint density at radius 3 is 2.53 bits per heavy atom. The zero-order valence-electron chi connectivity index (χ0n) is 17.1. The zero-order valence-corrected chi connectivity index (χ0v) is 18.7. The Kier molecular flexibility index (Phi) is 6.47. The van der Waals surface area contributed by atoms with Crippen molar-refractivity contribution in [3.8, 4) is 22.8 Å². The lowest BCUT2D eigenvalue weighted by Gasteiger charge is -2.08. The Hall–Kier alpha value is -3.70. The quantitative estimate of drug-likeness (QED) is 0.394. The summed E-state index contributed by atoms with van der Waals surface area (Å²) in [6.45, 7) is 0. The minimum absolute atomic E-state index is 0.0540. The number of hydrogen-bond acceptors (Lipinski definition) is 9. The van der Waals surface area contributed by atoms with Crippen molar-refractivity contribution < 1.29 is 23.5 Å². The number of methoxy groups -OCH3 is 2. The van der Waals surface area contributed by atoms with Crippen LogP contribution in [0.25, 0.3) is 11.3 Å². The van der Waals surface area contributed by atoms with E-state index in [4.69, 9.17) is 13.9 Å². The number of ether oxygens (including phenoxy) is 2. The lowest BCUT2D eigenvalue weighted by molar-refractivity contribution is -0.115. The number of rotatable bonds is 8. The smallest absolute Gasteiger partial charge is 0.293 e. The van der Waals surface area contributed by atoms with E-state index in [2.05, 4.69) is 20.6 Å². The monoisotopic (exact) mass is 470 g/mol. The lowest BCUT2D eigenvalue weighted by Crippen LogP contribution is -2.15. The molecule has 9 nitrogen and oxygen atoms in total. The molecule has 0 aliphatic carbocycles. The molecule has 0 saturated heterocycles. The van der Waals surface area contributed by atoms with E-state index in [1.54, 1.807) is 37.8 Å². The van der Waals surface area contributed by atoms with E-state index in [0.717, 1.165) is 5.56 Å². The molecule has 0 unspecified atom stereocenters. The van der Waals surface area contributed by atoms with Crippen LogP contribution in [-0.4, -0.2) is 36.0 Å². The van der Waals surface area contributed by atoms with Gasteiger partial charge in [0.05, 0.1) is 38.3 Å². The van der Waals surface area contributed by atoms with Gasteiger partial charge in [0.1, 0.15) is 0 Å². The van der Waals surface area contributed by atoms with E-state index < -0.39 is 5.91 Å². The van der Waals surface area contributed by atoms with Crippen LogP contribution in [0, 0.1) is 0 Å². The molecule has 0 bridgehead atoms. The molecule has 32 heavy (non-hydrogen) atoms. The van der Waals surface area contributed by atoms with Crippen molar-refractivity contribution in [3.63, 3.8) is 0 Å². The molecule has 0 aliphatic heterocycles. The predicted octanol–water partition coefficient (Wildman–Crippen LogP) is 4.31. The minimum atomic E-state index is -0.397. The third-order valence-electron chi connectivity index (χ3n) is 4.29. The Morgan fingerprint density at radius 1 is 1.00 bits per heavy atom. The molecule has 0 aliphatic rings. The minimum Gasteiger partial charge on any atom is -0.493 e. The zero-order chi connectivity index (χ0) is 22.5. The van der Waals surface area contributed by atoms with Gasteiger partial charge in [-0.15, -0.1) is 22.7 Å². The second kappa shape index (κ2) is 9.62. The van der Waals surface area contributed by atoms with Gasteiger partial charge in [0.25, 0.3) is 5.91 Å². The summed E-state index contributed by atoms with van der Waals surface area (Å²) in [5, 5.41) is 9.85. The molecule has 2 amide bonds. The van der Waals surface area contributed by atoms with Crippen LogP contribution in [0.4, 0.5) is 10.3 Å². The highest BCUT2D eigenvalue weighted by Crippen LogP contribution is 2.33. The van der Waals surface area contributed by atoms with E-state index in [1.165, 1.54) is 28.9 Å². The van der Waals surface area contributed by atoms with Gasteiger partial charge < -0.3 is 19.2 Å². The van der Waals surface area contributed by atoms with Crippen LogP contribution in [0.5, 0.6) is 11.5 Å². The summed E-state index contributed by atoms with van der Waals surface area (Å²) in [4.78, 5) is 33.2. The summed E-state index contributed by atoms with van der Waals surface area (Å²) in [6.07, 6.45) is 1.47. The number of anilines is 2. The molecular formula is C21H18N4O5S2. The number of nitrogens with one attached hydrogen (secondary N) is 2. The number of amides is 2. The lowest BCUT2D eigenvalue weighted by atomic mass is 10.1. The number of benzene rings is 1. The molecule has 0 fully saturated rings. The first-order chi connectivity index (χ1) is 15.6.